The maximum absolute atomic E-state index is 14.8. The smallest absolute Gasteiger partial charge is 0.317 e. The lowest BCUT2D eigenvalue weighted by atomic mass is 9.78. The van der Waals surface area contributed by atoms with Gasteiger partial charge in [0.2, 0.25) is 0 Å². The summed E-state index contributed by atoms with van der Waals surface area (Å²) in [6.07, 6.45) is 14.9. The second kappa shape index (κ2) is 12.1. The summed E-state index contributed by atoms with van der Waals surface area (Å²) in [5, 5.41) is 0. The van der Waals surface area contributed by atoms with E-state index in [1.165, 1.54) is 24.8 Å². The van der Waals surface area contributed by atoms with E-state index in [4.69, 9.17) is 4.74 Å². The molecule has 34 heavy (non-hydrogen) atoms. The van der Waals surface area contributed by atoms with Crippen LogP contribution in [-0.4, -0.2) is 12.2 Å². The van der Waals surface area contributed by atoms with Crippen LogP contribution in [0.15, 0.2) is 36.4 Å². The molecule has 0 radical (unpaired) electrons. The van der Waals surface area contributed by atoms with Crippen molar-refractivity contribution in [2.45, 2.75) is 115 Å². The lowest BCUT2D eigenvalue weighted by molar-refractivity contribution is -0.301. The first-order valence-electron chi connectivity index (χ1n) is 13.9. The van der Waals surface area contributed by atoms with Crippen LogP contribution in [0.5, 0.6) is 0 Å². The van der Waals surface area contributed by atoms with Crippen molar-refractivity contribution >= 4 is 0 Å². The summed E-state index contributed by atoms with van der Waals surface area (Å²) in [5.41, 5.74) is 1.26. The van der Waals surface area contributed by atoms with Gasteiger partial charge >= 0.3 is 6.11 Å². The van der Waals surface area contributed by atoms with E-state index in [1.807, 2.05) is 12.1 Å². The molecule has 3 fully saturated rings. The third-order valence-electron chi connectivity index (χ3n) is 8.83. The Labute approximate surface area is 204 Å². The average Bonchev–Trinajstić information content (AvgIpc) is 2.85. The normalized spacial score (nSPS) is 33.3. The number of hydrogen-bond donors (Lipinski definition) is 0. The number of alkyl halides is 2. The summed E-state index contributed by atoms with van der Waals surface area (Å²) < 4.78 is 48.2. The van der Waals surface area contributed by atoms with Gasteiger partial charge in [0, 0.05) is 0 Å². The van der Waals surface area contributed by atoms with Crippen molar-refractivity contribution in [3.05, 3.63) is 47.8 Å². The van der Waals surface area contributed by atoms with Gasteiger partial charge in [0.25, 0.3) is 0 Å². The summed E-state index contributed by atoms with van der Waals surface area (Å²) in [6, 6.07) is 6.99. The molecular weight excluding hydrogens is 433 g/mol. The van der Waals surface area contributed by atoms with Crippen LogP contribution < -0.4 is 0 Å². The number of rotatable bonds is 8. The number of halogens is 3. The van der Waals surface area contributed by atoms with Gasteiger partial charge in [-0.3, -0.25) is 0 Å². The molecule has 0 unspecified atom stereocenters. The van der Waals surface area contributed by atoms with Crippen molar-refractivity contribution in [3.63, 3.8) is 0 Å². The molecule has 0 saturated heterocycles. The predicted molar refractivity (Wildman–Crippen MR) is 132 cm³/mol. The molecule has 1 aromatic carbocycles. The molecular formula is C30H43F3O. The molecule has 0 aromatic heterocycles. The highest BCUT2D eigenvalue weighted by atomic mass is 19.3. The van der Waals surface area contributed by atoms with Gasteiger partial charge < -0.3 is 4.74 Å². The van der Waals surface area contributed by atoms with Gasteiger partial charge in [0.05, 0.1) is 12.0 Å². The van der Waals surface area contributed by atoms with E-state index in [1.54, 1.807) is 12.1 Å². The van der Waals surface area contributed by atoms with Crippen molar-refractivity contribution in [2.24, 2.45) is 23.7 Å². The molecule has 3 saturated carbocycles. The minimum atomic E-state index is -2.96. The Balaban J connectivity index is 1.15. The van der Waals surface area contributed by atoms with Crippen LogP contribution in [0.2, 0.25) is 0 Å². The molecule has 4 rings (SSSR count). The molecule has 0 bridgehead atoms. The molecule has 4 heteroatoms. The fourth-order valence-electron chi connectivity index (χ4n) is 6.61. The molecule has 0 heterocycles. The van der Waals surface area contributed by atoms with E-state index in [0.29, 0.717) is 36.5 Å². The highest BCUT2D eigenvalue weighted by Gasteiger charge is 2.44. The maximum atomic E-state index is 14.8. The largest absolute Gasteiger partial charge is 0.358 e. The van der Waals surface area contributed by atoms with Crippen molar-refractivity contribution in [3.8, 4) is 0 Å². The zero-order valence-electron chi connectivity index (χ0n) is 20.9. The standard InChI is InChI=1S/C30H43F3O/c1-2-3-22-8-16-27(17-9-22)30(32,33)34-29-20-10-24(11-21-29)5-4-23-6-12-25(13-7-23)26-14-18-28(31)19-15-26/h4-5,14-15,18-19,22-25,27,29H,2-3,6-13,16-17,20-21H2,1H3/b5-4+. The Morgan fingerprint density at radius 1 is 0.794 bits per heavy atom. The van der Waals surface area contributed by atoms with Gasteiger partial charge in [-0.1, -0.05) is 44.1 Å². The van der Waals surface area contributed by atoms with Crippen LogP contribution in [0.25, 0.3) is 0 Å². The SMILES string of the molecule is CCCC1CCC(C(F)(F)OC2CCC(/C=C/C3CCC(c4ccc(F)cc4)CC3)CC2)CC1. The highest BCUT2D eigenvalue weighted by molar-refractivity contribution is 5.21. The molecule has 3 aliphatic carbocycles. The first kappa shape index (κ1) is 25.8. The van der Waals surface area contributed by atoms with Crippen molar-refractivity contribution in [2.75, 3.05) is 0 Å². The van der Waals surface area contributed by atoms with Gasteiger partial charge in [0.1, 0.15) is 5.82 Å². The molecule has 0 aliphatic heterocycles. The highest BCUT2D eigenvalue weighted by Crippen LogP contribution is 2.43. The Hall–Kier alpha value is -1.29. The monoisotopic (exact) mass is 476 g/mol. The Morgan fingerprint density at radius 2 is 1.35 bits per heavy atom. The minimum Gasteiger partial charge on any atom is -0.317 e. The van der Waals surface area contributed by atoms with Crippen molar-refractivity contribution in [1.82, 2.24) is 0 Å². The quantitative estimate of drug-likeness (QED) is 0.340. The lowest BCUT2D eigenvalue weighted by Crippen LogP contribution is -2.39. The van der Waals surface area contributed by atoms with E-state index in [0.717, 1.165) is 57.8 Å². The van der Waals surface area contributed by atoms with E-state index >= 15 is 0 Å². The third-order valence-corrected chi connectivity index (χ3v) is 8.83. The molecule has 0 N–H and O–H groups in total. The molecule has 190 valence electrons. The first-order valence-corrected chi connectivity index (χ1v) is 13.9. The Kier molecular flexibility index (Phi) is 9.18. The van der Waals surface area contributed by atoms with Crippen LogP contribution in [0.3, 0.4) is 0 Å². The summed E-state index contributed by atoms with van der Waals surface area (Å²) >= 11 is 0. The van der Waals surface area contributed by atoms with E-state index in [-0.39, 0.29) is 11.9 Å². The minimum absolute atomic E-state index is 0.168. The average molecular weight is 477 g/mol. The van der Waals surface area contributed by atoms with Gasteiger partial charge in [-0.15, -0.1) is 0 Å². The van der Waals surface area contributed by atoms with Crippen LogP contribution >= 0.6 is 0 Å². The predicted octanol–water partition coefficient (Wildman–Crippen LogP) is 9.43. The summed E-state index contributed by atoms with van der Waals surface area (Å²) in [7, 11) is 0. The van der Waals surface area contributed by atoms with Crippen LogP contribution in [0.4, 0.5) is 13.2 Å². The van der Waals surface area contributed by atoms with Gasteiger partial charge in [-0.25, -0.2) is 4.39 Å². The molecule has 3 aliphatic rings. The third kappa shape index (κ3) is 7.12. The zero-order valence-corrected chi connectivity index (χ0v) is 20.9. The van der Waals surface area contributed by atoms with E-state index in [2.05, 4.69) is 19.1 Å². The first-order chi connectivity index (χ1) is 16.4. The molecule has 0 amide bonds. The second-order valence-corrected chi connectivity index (χ2v) is 11.3. The maximum Gasteiger partial charge on any atom is 0.358 e. The fraction of sp³-hybridized carbons (Fsp3) is 0.733. The topological polar surface area (TPSA) is 9.23 Å². The van der Waals surface area contributed by atoms with E-state index in [9.17, 15) is 13.2 Å². The number of hydrogen-bond acceptors (Lipinski definition) is 1. The fourth-order valence-corrected chi connectivity index (χ4v) is 6.61. The van der Waals surface area contributed by atoms with Crippen molar-refractivity contribution in [1.29, 1.82) is 0 Å². The van der Waals surface area contributed by atoms with Crippen LogP contribution in [0, 0.1) is 29.5 Å². The molecule has 1 aromatic rings. The second-order valence-electron chi connectivity index (χ2n) is 11.3. The molecule has 0 atom stereocenters. The van der Waals surface area contributed by atoms with Crippen LogP contribution in [-0.2, 0) is 4.74 Å². The summed E-state index contributed by atoms with van der Waals surface area (Å²) in [5.74, 6) is 1.52. The molecule has 1 nitrogen and oxygen atoms in total. The van der Waals surface area contributed by atoms with E-state index < -0.39 is 12.0 Å². The van der Waals surface area contributed by atoms with Gasteiger partial charge in [-0.05, 0) is 118 Å². The summed E-state index contributed by atoms with van der Waals surface area (Å²) in [6.45, 7) is 2.18. The number of allylic oxidation sites excluding steroid dienone is 2. The Bertz CT molecular complexity index is 750. The number of benzene rings is 1. The van der Waals surface area contributed by atoms with Gasteiger partial charge in [0.15, 0.2) is 0 Å². The van der Waals surface area contributed by atoms with Crippen molar-refractivity contribution < 1.29 is 17.9 Å². The molecule has 0 spiro atoms. The van der Waals surface area contributed by atoms with Gasteiger partial charge in [-0.2, -0.15) is 8.78 Å². The lowest BCUT2D eigenvalue weighted by Gasteiger charge is -2.36. The zero-order chi connectivity index (χ0) is 24.0. The van der Waals surface area contributed by atoms with Crippen LogP contribution in [0.1, 0.15) is 108 Å². The number of ether oxygens (including phenoxy) is 1. The Morgan fingerprint density at radius 3 is 1.91 bits per heavy atom. The summed E-state index contributed by atoms with van der Waals surface area (Å²) in [4.78, 5) is 0.